The maximum atomic E-state index is 11.3. The van der Waals surface area contributed by atoms with Gasteiger partial charge in [0.25, 0.3) is 0 Å². The summed E-state index contributed by atoms with van der Waals surface area (Å²) in [6, 6.07) is 8.44. The van der Waals surface area contributed by atoms with Crippen LogP contribution in [-0.2, 0) is 17.6 Å². The first kappa shape index (κ1) is 13.0. The third-order valence-corrected chi connectivity index (χ3v) is 2.55. The Balaban J connectivity index is 2.64. The van der Waals surface area contributed by atoms with E-state index in [-0.39, 0.29) is 0 Å². The van der Waals surface area contributed by atoms with Crippen molar-refractivity contribution < 1.29 is 4.79 Å². The quantitative estimate of drug-likeness (QED) is 0.751. The van der Waals surface area contributed by atoms with Crippen LogP contribution in [0.2, 0.25) is 0 Å². The molecule has 16 heavy (non-hydrogen) atoms. The molecule has 0 N–H and O–H groups in total. The number of ketones is 1. The summed E-state index contributed by atoms with van der Waals surface area (Å²) in [4.78, 5) is 11.3. The summed E-state index contributed by atoms with van der Waals surface area (Å²) in [7, 11) is 0. The normalized spacial score (nSPS) is 11.5. The molecule has 0 aliphatic carbocycles. The lowest BCUT2D eigenvalue weighted by molar-refractivity contribution is -0.118. The maximum Gasteiger partial charge on any atom is 0.136 e. The highest BCUT2D eigenvalue weighted by Gasteiger charge is 2.11. The van der Waals surface area contributed by atoms with Crippen LogP contribution < -0.4 is 0 Å². The third-order valence-electron chi connectivity index (χ3n) is 2.55. The highest BCUT2D eigenvalue weighted by molar-refractivity contribution is 5.80. The Morgan fingerprint density at radius 3 is 2.00 bits per heavy atom. The Bertz CT molecular complexity index is 341. The van der Waals surface area contributed by atoms with E-state index in [1.165, 1.54) is 5.56 Å². The Morgan fingerprint density at radius 1 is 1.06 bits per heavy atom. The number of carbonyl (C=O) groups excluding carboxylic acids is 1. The van der Waals surface area contributed by atoms with Crippen LogP contribution in [0.3, 0.4) is 0 Å². The molecule has 1 heteroatoms. The van der Waals surface area contributed by atoms with E-state index in [1.807, 2.05) is 6.92 Å². The number of hydrogen-bond donors (Lipinski definition) is 0. The van der Waals surface area contributed by atoms with Crippen molar-refractivity contribution in [3.63, 3.8) is 0 Å². The molecule has 1 aromatic carbocycles. The van der Waals surface area contributed by atoms with Gasteiger partial charge in [0.05, 0.1) is 0 Å². The van der Waals surface area contributed by atoms with Gasteiger partial charge in [-0.1, -0.05) is 52.0 Å². The van der Waals surface area contributed by atoms with Crippen molar-refractivity contribution in [2.24, 2.45) is 5.41 Å². The van der Waals surface area contributed by atoms with Crippen LogP contribution in [0, 0.1) is 5.41 Å². The van der Waals surface area contributed by atoms with Gasteiger partial charge in [-0.25, -0.2) is 0 Å². The summed E-state index contributed by atoms with van der Waals surface area (Å²) in [6.07, 6.45) is 2.28. The molecule has 1 aromatic rings. The number of carbonyl (C=O) groups is 1. The van der Waals surface area contributed by atoms with E-state index in [1.54, 1.807) is 0 Å². The van der Waals surface area contributed by atoms with E-state index in [9.17, 15) is 4.79 Å². The van der Waals surface area contributed by atoms with Crippen LogP contribution in [-0.4, -0.2) is 5.78 Å². The van der Waals surface area contributed by atoms with E-state index in [4.69, 9.17) is 0 Å². The van der Waals surface area contributed by atoms with Gasteiger partial charge < -0.3 is 0 Å². The molecule has 0 fully saturated rings. The van der Waals surface area contributed by atoms with Crippen molar-refractivity contribution in [1.29, 1.82) is 0 Å². The van der Waals surface area contributed by atoms with Crippen molar-refractivity contribution in [2.45, 2.75) is 47.0 Å². The molecular formula is C15H22O. The topological polar surface area (TPSA) is 17.1 Å². The summed E-state index contributed by atoms with van der Waals surface area (Å²) >= 11 is 0. The fourth-order valence-corrected chi connectivity index (χ4v) is 1.74. The van der Waals surface area contributed by atoms with Crippen molar-refractivity contribution in [2.75, 3.05) is 0 Å². The standard InChI is InChI=1S/C15H22O/c1-5-14(16)10-12-6-8-13(9-7-12)11-15(2,3)4/h6-9H,5,10-11H2,1-4H3. The van der Waals surface area contributed by atoms with E-state index in [0.717, 1.165) is 12.0 Å². The van der Waals surface area contributed by atoms with Gasteiger partial charge in [0.15, 0.2) is 0 Å². The Labute approximate surface area is 98.9 Å². The van der Waals surface area contributed by atoms with Gasteiger partial charge in [0.2, 0.25) is 0 Å². The molecule has 0 aliphatic rings. The SMILES string of the molecule is CCC(=O)Cc1ccc(CC(C)(C)C)cc1. The summed E-state index contributed by atoms with van der Waals surface area (Å²) < 4.78 is 0. The van der Waals surface area contributed by atoms with Crippen molar-refractivity contribution in [3.8, 4) is 0 Å². The number of hydrogen-bond acceptors (Lipinski definition) is 1. The summed E-state index contributed by atoms with van der Waals surface area (Å²) in [5.74, 6) is 0.309. The number of Topliss-reactive ketones (excluding diaryl/α,β-unsaturated/α-hetero) is 1. The van der Waals surface area contributed by atoms with Crippen molar-refractivity contribution >= 4 is 5.78 Å². The summed E-state index contributed by atoms with van der Waals surface area (Å²) in [5, 5.41) is 0. The zero-order chi connectivity index (χ0) is 12.2. The van der Waals surface area contributed by atoms with Gasteiger partial charge in [0.1, 0.15) is 5.78 Å². The largest absolute Gasteiger partial charge is 0.299 e. The van der Waals surface area contributed by atoms with Gasteiger partial charge in [-0.05, 0) is 23.0 Å². The minimum absolute atomic E-state index is 0.309. The molecule has 0 spiro atoms. The van der Waals surface area contributed by atoms with Crippen LogP contribution in [0.25, 0.3) is 0 Å². The van der Waals surface area contributed by atoms with Crippen molar-refractivity contribution in [3.05, 3.63) is 35.4 Å². The van der Waals surface area contributed by atoms with E-state index < -0.39 is 0 Å². The minimum Gasteiger partial charge on any atom is -0.299 e. The zero-order valence-corrected chi connectivity index (χ0v) is 10.8. The highest BCUT2D eigenvalue weighted by Crippen LogP contribution is 2.20. The monoisotopic (exact) mass is 218 g/mol. The molecule has 0 bridgehead atoms. The smallest absolute Gasteiger partial charge is 0.136 e. The second-order valence-corrected chi connectivity index (χ2v) is 5.62. The van der Waals surface area contributed by atoms with E-state index in [0.29, 0.717) is 24.0 Å². The predicted molar refractivity (Wildman–Crippen MR) is 68.6 cm³/mol. The first-order valence-electron chi connectivity index (χ1n) is 6.00. The molecule has 0 amide bonds. The molecule has 0 unspecified atom stereocenters. The fourth-order valence-electron chi connectivity index (χ4n) is 1.74. The van der Waals surface area contributed by atoms with Gasteiger partial charge in [0, 0.05) is 12.8 Å². The van der Waals surface area contributed by atoms with Crippen LogP contribution in [0.5, 0.6) is 0 Å². The minimum atomic E-state index is 0.309. The van der Waals surface area contributed by atoms with Crippen LogP contribution >= 0.6 is 0 Å². The first-order valence-corrected chi connectivity index (χ1v) is 6.00. The van der Waals surface area contributed by atoms with Gasteiger partial charge in [-0.2, -0.15) is 0 Å². The lowest BCUT2D eigenvalue weighted by Crippen LogP contribution is -2.09. The van der Waals surface area contributed by atoms with Crippen molar-refractivity contribution in [1.82, 2.24) is 0 Å². The molecule has 1 nitrogen and oxygen atoms in total. The van der Waals surface area contributed by atoms with Crippen LogP contribution in [0.1, 0.15) is 45.2 Å². The molecule has 0 saturated carbocycles. The third kappa shape index (κ3) is 4.61. The lowest BCUT2D eigenvalue weighted by Gasteiger charge is -2.18. The first-order chi connectivity index (χ1) is 7.40. The van der Waals surface area contributed by atoms with Gasteiger partial charge in [-0.15, -0.1) is 0 Å². The average molecular weight is 218 g/mol. The second kappa shape index (κ2) is 5.29. The second-order valence-electron chi connectivity index (χ2n) is 5.62. The molecule has 0 aromatic heterocycles. The molecule has 1 rings (SSSR count). The Hall–Kier alpha value is -1.11. The molecular weight excluding hydrogens is 196 g/mol. The molecule has 0 heterocycles. The molecule has 0 aliphatic heterocycles. The van der Waals surface area contributed by atoms with Gasteiger partial charge in [-0.3, -0.25) is 4.79 Å². The molecule has 88 valence electrons. The summed E-state index contributed by atoms with van der Waals surface area (Å²) in [6.45, 7) is 8.63. The van der Waals surface area contributed by atoms with Crippen LogP contribution in [0.4, 0.5) is 0 Å². The van der Waals surface area contributed by atoms with E-state index in [2.05, 4.69) is 45.0 Å². The predicted octanol–water partition coefficient (Wildman–Crippen LogP) is 3.80. The number of rotatable bonds is 4. The molecule has 0 saturated heterocycles. The van der Waals surface area contributed by atoms with E-state index >= 15 is 0 Å². The van der Waals surface area contributed by atoms with Gasteiger partial charge >= 0.3 is 0 Å². The van der Waals surface area contributed by atoms with Crippen LogP contribution in [0.15, 0.2) is 24.3 Å². The fraction of sp³-hybridized carbons (Fsp3) is 0.533. The zero-order valence-electron chi connectivity index (χ0n) is 10.8. The highest BCUT2D eigenvalue weighted by atomic mass is 16.1. The molecule has 0 atom stereocenters. The maximum absolute atomic E-state index is 11.3. The Morgan fingerprint density at radius 2 is 1.56 bits per heavy atom. The lowest BCUT2D eigenvalue weighted by atomic mass is 9.88. The molecule has 0 radical (unpaired) electrons. The Kier molecular flexibility index (Phi) is 4.28. The number of benzene rings is 1. The summed E-state index contributed by atoms with van der Waals surface area (Å²) in [5.41, 5.74) is 2.80. The average Bonchev–Trinajstić information content (AvgIpc) is 2.18.